The summed E-state index contributed by atoms with van der Waals surface area (Å²) in [5.41, 5.74) is 3.71. The van der Waals surface area contributed by atoms with E-state index in [1.165, 1.54) is 19.3 Å². The van der Waals surface area contributed by atoms with Gasteiger partial charge in [-0.2, -0.15) is 10.2 Å². The Morgan fingerprint density at radius 3 is 2.67 bits per heavy atom. The summed E-state index contributed by atoms with van der Waals surface area (Å²) in [4.78, 5) is 17.8. The normalized spacial score (nSPS) is 14.2. The quantitative estimate of drug-likeness (QED) is 0.526. The highest BCUT2D eigenvalue weighted by atomic mass is 32.1. The number of rotatable bonds is 6. The van der Waals surface area contributed by atoms with Gasteiger partial charge in [0, 0.05) is 30.4 Å². The van der Waals surface area contributed by atoms with Crippen molar-refractivity contribution in [1.29, 1.82) is 5.26 Å². The van der Waals surface area contributed by atoms with Gasteiger partial charge in [0.2, 0.25) is 5.95 Å². The zero-order valence-electron chi connectivity index (χ0n) is 17.1. The molecule has 3 N–H and O–H groups in total. The van der Waals surface area contributed by atoms with Gasteiger partial charge in [-0.3, -0.25) is 0 Å². The average Bonchev–Trinajstić information content (AvgIpc) is 3.20. The lowest BCUT2D eigenvalue weighted by atomic mass is 9.95. The minimum Gasteiger partial charge on any atom is -0.380 e. The van der Waals surface area contributed by atoms with E-state index in [-0.39, 0.29) is 0 Å². The van der Waals surface area contributed by atoms with Gasteiger partial charge in [0.05, 0.1) is 23.1 Å². The molecular formula is C21H24N8S. The molecule has 0 bridgehead atoms. The molecule has 8 nitrogen and oxygen atoms in total. The number of hydrogen-bond acceptors (Lipinski definition) is 9. The molecule has 3 heterocycles. The second-order valence-corrected chi connectivity index (χ2v) is 8.19. The molecule has 1 fully saturated rings. The van der Waals surface area contributed by atoms with E-state index in [1.807, 2.05) is 25.4 Å². The lowest BCUT2D eigenvalue weighted by Gasteiger charge is -2.24. The molecule has 0 aromatic carbocycles. The minimum absolute atomic E-state index is 0.385. The maximum Gasteiger partial charge on any atom is 0.229 e. The summed E-state index contributed by atoms with van der Waals surface area (Å²) in [6.07, 6.45) is 9.35. The number of nitrogens with one attached hydrogen (secondary N) is 3. The van der Waals surface area contributed by atoms with E-state index in [9.17, 15) is 5.26 Å². The standard InChI is InChI=1S/C21H24N8S/c1-13-12-30-20(26-13)16-11-25-21(29-19(16)23-2)28-15-8-17(18(9-22)24-10-15)27-14-6-4-3-5-7-14/h8,10-12,14,27H,3-7H2,1-2H3,(H2,23,25,28,29). The number of hydrogen-bond donors (Lipinski definition) is 3. The Bertz CT molecular complexity index is 1070. The molecule has 0 radical (unpaired) electrons. The lowest BCUT2D eigenvalue weighted by Crippen LogP contribution is -2.23. The highest BCUT2D eigenvalue weighted by Gasteiger charge is 2.16. The van der Waals surface area contributed by atoms with Crippen LogP contribution < -0.4 is 16.0 Å². The molecule has 1 saturated carbocycles. The lowest BCUT2D eigenvalue weighted by molar-refractivity contribution is 0.462. The second kappa shape index (κ2) is 9.05. The molecule has 1 aliphatic carbocycles. The first-order chi connectivity index (χ1) is 14.7. The van der Waals surface area contributed by atoms with Gasteiger partial charge in [-0.15, -0.1) is 11.3 Å². The predicted molar refractivity (Wildman–Crippen MR) is 120 cm³/mol. The van der Waals surface area contributed by atoms with Crippen LogP contribution in [-0.4, -0.2) is 33.0 Å². The third kappa shape index (κ3) is 4.49. The predicted octanol–water partition coefficient (Wildman–Crippen LogP) is 4.71. The van der Waals surface area contributed by atoms with Gasteiger partial charge in [0.25, 0.3) is 0 Å². The zero-order chi connectivity index (χ0) is 20.9. The van der Waals surface area contributed by atoms with E-state index in [2.05, 4.69) is 42.0 Å². The number of pyridine rings is 1. The summed E-state index contributed by atoms with van der Waals surface area (Å²) in [6.45, 7) is 1.96. The molecule has 9 heteroatoms. The van der Waals surface area contributed by atoms with E-state index >= 15 is 0 Å². The van der Waals surface area contributed by atoms with Gasteiger partial charge in [-0.05, 0) is 25.8 Å². The second-order valence-electron chi connectivity index (χ2n) is 7.34. The summed E-state index contributed by atoms with van der Waals surface area (Å²) in [7, 11) is 1.82. The van der Waals surface area contributed by atoms with E-state index in [4.69, 9.17) is 0 Å². The Balaban J connectivity index is 1.56. The van der Waals surface area contributed by atoms with Crippen LogP contribution in [0.4, 0.5) is 23.1 Å². The third-order valence-corrected chi connectivity index (χ3v) is 6.08. The van der Waals surface area contributed by atoms with Crippen LogP contribution >= 0.6 is 11.3 Å². The minimum atomic E-state index is 0.385. The van der Waals surface area contributed by atoms with Crippen molar-refractivity contribution >= 4 is 34.5 Å². The monoisotopic (exact) mass is 420 g/mol. The van der Waals surface area contributed by atoms with Crippen LogP contribution in [0.1, 0.15) is 43.5 Å². The van der Waals surface area contributed by atoms with Gasteiger partial charge in [-0.25, -0.2) is 15.0 Å². The molecule has 3 aromatic heterocycles. The van der Waals surface area contributed by atoms with Gasteiger partial charge in [0.15, 0.2) is 5.69 Å². The molecular weight excluding hydrogens is 396 g/mol. The van der Waals surface area contributed by atoms with Crippen molar-refractivity contribution in [3.63, 3.8) is 0 Å². The van der Waals surface area contributed by atoms with Crippen molar-refractivity contribution in [2.75, 3.05) is 23.0 Å². The first-order valence-electron chi connectivity index (χ1n) is 10.1. The molecule has 3 aromatic rings. The van der Waals surface area contributed by atoms with E-state index in [0.29, 0.717) is 23.5 Å². The summed E-state index contributed by atoms with van der Waals surface area (Å²) in [5, 5.41) is 22.1. The van der Waals surface area contributed by atoms with Crippen molar-refractivity contribution in [1.82, 2.24) is 19.9 Å². The Morgan fingerprint density at radius 1 is 1.13 bits per heavy atom. The van der Waals surface area contributed by atoms with Gasteiger partial charge in [0.1, 0.15) is 16.9 Å². The molecule has 0 saturated heterocycles. The topological polar surface area (TPSA) is 111 Å². The molecule has 0 aliphatic heterocycles. The van der Waals surface area contributed by atoms with Gasteiger partial charge in [-0.1, -0.05) is 19.3 Å². The Morgan fingerprint density at radius 2 is 1.97 bits per heavy atom. The van der Waals surface area contributed by atoms with Crippen LogP contribution in [0.15, 0.2) is 23.8 Å². The fourth-order valence-corrected chi connectivity index (χ4v) is 4.40. The molecule has 0 spiro atoms. The number of thiazole rings is 1. The third-order valence-electron chi connectivity index (χ3n) is 5.09. The summed E-state index contributed by atoms with van der Waals surface area (Å²) >= 11 is 1.56. The highest BCUT2D eigenvalue weighted by molar-refractivity contribution is 7.13. The molecule has 1 aliphatic rings. The van der Waals surface area contributed by atoms with Crippen LogP contribution in [0.25, 0.3) is 10.6 Å². The number of nitriles is 1. The van der Waals surface area contributed by atoms with Crippen LogP contribution in [0, 0.1) is 18.3 Å². The number of nitrogens with zero attached hydrogens (tertiary/aromatic N) is 5. The van der Waals surface area contributed by atoms with Crippen molar-refractivity contribution in [3.8, 4) is 16.6 Å². The molecule has 30 heavy (non-hydrogen) atoms. The van der Waals surface area contributed by atoms with Crippen LogP contribution in [-0.2, 0) is 0 Å². The van der Waals surface area contributed by atoms with E-state index in [0.717, 1.165) is 40.5 Å². The van der Waals surface area contributed by atoms with Crippen molar-refractivity contribution in [2.45, 2.75) is 45.1 Å². The Labute approximate surface area is 179 Å². The molecule has 0 amide bonds. The fraction of sp³-hybridized carbons (Fsp3) is 0.381. The summed E-state index contributed by atoms with van der Waals surface area (Å²) in [5.74, 6) is 1.15. The van der Waals surface area contributed by atoms with Crippen molar-refractivity contribution in [3.05, 3.63) is 35.2 Å². The highest BCUT2D eigenvalue weighted by Crippen LogP contribution is 2.30. The molecule has 4 rings (SSSR count). The zero-order valence-corrected chi connectivity index (χ0v) is 17.9. The number of aryl methyl sites for hydroxylation is 1. The first kappa shape index (κ1) is 20.0. The first-order valence-corrected chi connectivity index (χ1v) is 10.9. The Hall–Kier alpha value is -3.25. The van der Waals surface area contributed by atoms with Crippen LogP contribution in [0.5, 0.6) is 0 Å². The van der Waals surface area contributed by atoms with Gasteiger partial charge < -0.3 is 16.0 Å². The molecule has 0 unspecified atom stereocenters. The fourth-order valence-electron chi connectivity index (χ4n) is 3.59. The van der Waals surface area contributed by atoms with E-state index < -0.39 is 0 Å². The van der Waals surface area contributed by atoms with Crippen molar-refractivity contribution < 1.29 is 0 Å². The SMILES string of the molecule is CNc1nc(Nc2cnc(C#N)c(NC3CCCCC3)c2)ncc1-c1nc(C)cs1. The maximum atomic E-state index is 9.43. The van der Waals surface area contributed by atoms with Crippen LogP contribution in [0.2, 0.25) is 0 Å². The van der Waals surface area contributed by atoms with Crippen molar-refractivity contribution in [2.24, 2.45) is 0 Å². The number of anilines is 4. The largest absolute Gasteiger partial charge is 0.380 e. The average molecular weight is 421 g/mol. The summed E-state index contributed by atoms with van der Waals surface area (Å²) in [6, 6.07) is 4.46. The maximum absolute atomic E-state index is 9.43. The smallest absolute Gasteiger partial charge is 0.229 e. The summed E-state index contributed by atoms with van der Waals surface area (Å²) < 4.78 is 0. The van der Waals surface area contributed by atoms with Crippen LogP contribution in [0.3, 0.4) is 0 Å². The van der Waals surface area contributed by atoms with Gasteiger partial charge >= 0.3 is 0 Å². The van der Waals surface area contributed by atoms with E-state index in [1.54, 1.807) is 23.7 Å². The number of aromatic nitrogens is 4. The molecule has 154 valence electrons. The molecule has 0 atom stereocenters. The Kier molecular flexibility index (Phi) is 6.05.